The van der Waals surface area contributed by atoms with E-state index in [0.29, 0.717) is 12.0 Å². The van der Waals surface area contributed by atoms with Crippen LogP contribution < -0.4 is 0 Å². The second kappa shape index (κ2) is 8.15. The molecule has 0 bridgehead atoms. The van der Waals surface area contributed by atoms with E-state index in [9.17, 15) is 9.59 Å². The van der Waals surface area contributed by atoms with Gasteiger partial charge in [0.15, 0.2) is 0 Å². The number of esters is 1. The number of rotatable bonds is 5. The quantitative estimate of drug-likeness (QED) is 0.606. The van der Waals surface area contributed by atoms with Crippen molar-refractivity contribution in [3.8, 4) is 0 Å². The number of hydrogen-bond acceptors (Lipinski definition) is 4. The summed E-state index contributed by atoms with van der Waals surface area (Å²) in [6.45, 7) is 3.84. The predicted octanol–water partition coefficient (Wildman–Crippen LogP) is 3.74. The third kappa shape index (κ3) is 4.01. The van der Waals surface area contributed by atoms with E-state index in [0.717, 1.165) is 49.2 Å². The fourth-order valence-electron chi connectivity index (χ4n) is 3.63. The SMILES string of the molecule is CCOC(=O)C(=O)C1=C(N2CCCCC2)C(=Cc2ccccc2)CC1. The molecule has 1 saturated heterocycles. The van der Waals surface area contributed by atoms with E-state index in [1.165, 1.54) is 6.42 Å². The second-order valence-electron chi connectivity index (χ2n) is 6.50. The van der Waals surface area contributed by atoms with E-state index in [1.807, 2.05) is 18.2 Å². The summed E-state index contributed by atoms with van der Waals surface area (Å²) in [6.07, 6.45) is 7.04. The first kappa shape index (κ1) is 17.5. The summed E-state index contributed by atoms with van der Waals surface area (Å²) in [4.78, 5) is 26.9. The topological polar surface area (TPSA) is 46.6 Å². The third-order valence-electron chi connectivity index (χ3n) is 4.78. The number of piperidine rings is 1. The fourth-order valence-corrected chi connectivity index (χ4v) is 3.63. The summed E-state index contributed by atoms with van der Waals surface area (Å²) in [7, 11) is 0. The molecule has 1 fully saturated rings. The van der Waals surface area contributed by atoms with Crippen molar-refractivity contribution >= 4 is 17.8 Å². The van der Waals surface area contributed by atoms with Crippen LogP contribution in [0.15, 0.2) is 47.2 Å². The molecular formula is C21H25NO3. The van der Waals surface area contributed by atoms with Gasteiger partial charge in [0, 0.05) is 24.4 Å². The lowest BCUT2D eigenvalue weighted by atomic mass is 10.0. The number of benzene rings is 1. The first-order valence-electron chi connectivity index (χ1n) is 9.16. The van der Waals surface area contributed by atoms with Gasteiger partial charge in [0.2, 0.25) is 0 Å². The predicted molar refractivity (Wildman–Crippen MR) is 97.7 cm³/mol. The molecule has 0 saturated carbocycles. The fraction of sp³-hybridized carbons (Fsp3) is 0.429. The molecule has 0 spiro atoms. The molecule has 4 heteroatoms. The molecule has 3 rings (SSSR count). The molecule has 1 heterocycles. The van der Waals surface area contributed by atoms with Crippen LogP contribution >= 0.6 is 0 Å². The van der Waals surface area contributed by atoms with Crippen LogP contribution in [0.4, 0.5) is 0 Å². The van der Waals surface area contributed by atoms with Gasteiger partial charge in [0.05, 0.1) is 6.61 Å². The summed E-state index contributed by atoms with van der Waals surface area (Å²) in [5.41, 5.74) is 3.88. The zero-order valence-corrected chi connectivity index (χ0v) is 14.8. The van der Waals surface area contributed by atoms with Crippen LogP contribution in [-0.4, -0.2) is 36.3 Å². The summed E-state index contributed by atoms with van der Waals surface area (Å²) < 4.78 is 4.94. The van der Waals surface area contributed by atoms with Crippen molar-refractivity contribution in [2.75, 3.05) is 19.7 Å². The van der Waals surface area contributed by atoms with E-state index in [-0.39, 0.29) is 6.61 Å². The van der Waals surface area contributed by atoms with E-state index in [4.69, 9.17) is 4.74 Å². The third-order valence-corrected chi connectivity index (χ3v) is 4.78. The number of carbonyl (C=O) groups excluding carboxylic acids is 2. The minimum Gasteiger partial charge on any atom is -0.460 e. The maximum absolute atomic E-state index is 12.6. The van der Waals surface area contributed by atoms with Gasteiger partial charge in [-0.25, -0.2) is 4.79 Å². The summed E-state index contributed by atoms with van der Waals surface area (Å²) in [5.74, 6) is -1.20. The van der Waals surface area contributed by atoms with Crippen LogP contribution in [0.5, 0.6) is 0 Å². The van der Waals surface area contributed by atoms with E-state index < -0.39 is 11.8 Å². The normalized spacial score (nSPS) is 19.4. The highest BCUT2D eigenvalue weighted by atomic mass is 16.5. The minimum atomic E-state index is -0.729. The number of hydrogen-bond donors (Lipinski definition) is 0. The van der Waals surface area contributed by atoms with Crippen LogP contribution in [0.3, 0.4) is 0 Å². The van der Waals surface area contributed by atoms with Gasteiger partial charge in [-0.15, -0.1) is 0 Å². The van der Waals surface area contributed by atoms with E-state index in [2.05, 4.69) is 23.1 Å². The molecule has 0 amide bonds. The number of allylic oxidation sites excluding steroid dienone is 1. The zero-order valence-electron chi connectivity index (χ0n) is 14.8. The van der Waals surface area contributed by atoms with Crippen LogP contribution in [0, 0.1) is 0 Å². The Morgan fingerprint density at radius 1 is 1.08 bits per heavy atom. The van der Waals surface area contributed by atoms with Gasteiger partial charge in [0.1, 0.15) is 0 Å². The van der Waals surface area contributed by atoms with Gasteiger partial charge >= 0.3 is 5.97 Å². The van der Waals surface area contributed by atoms with Crippen LogP contribution in [-0.2, 0) is 14.3 Å². The molecule has 0 radical (unpaired) electrons. The maximum Gasteiger partial charge on any atom is 0.379 e. The molecule has 0 unspecified atom stereocenters. The standard InChI is InChI=1S/C21H25NO3/c1-2-25-21(24)20(23)18-12-11-17(15-16-9-5-3-6-10-16)19(18)22-13-7-4-8-14-22/h3,5-6,9-10,15H,2,4,7-8,11-14H2,1H3. The van der Waals surface area contributed by atoms with E-state index in [1.54, 1.807) is 6.92 Å². The van der Waals surface area contributed by atoms with Crippen LogP contribution in [0.1, 0.15) is 44.6 Å². The Kier molecular flexibility index (Phi) is 5.69. The number of nitrogens with zero attached hydrogens (tertiary/aromatic N) is 1. The molecule has 4 nitrogen and oxygen atoms in total. The Balaban J connectivity index is 1.97. The van der Waals surface area contributed by atoms with Crippen molar-refractivity contribution in [3.05, 3.63) is 52.7 Å². The molecule has 25 heavy (non-hydrogen) atoms. The zero-order chi connectivity index (χ0) is 17.6. The number of likely N-dealkylation sites (tertiary alicyclic amines) is 1. The highest BCUT2D eigenvalue weighted by molar-refractivity contribution is 6.40. The van der Waals surface area contributed by atoms with Crippen molar-refractivity contribution in [1.29, 1.82) is 0 Å². The first-order chi connectivity index (χ1) is 12.2. The van der Waals surface area contributed by atoms with Crippen molar-refractivity contribution in [3.63, 3.8) is 0 Å². The largest absolute Gasteiger partial charge is 0.460 e. The Morgan fingerprint density at radius 3 is 2.48 bits per heavy atom. The van der Waals surface area contributed by atoms with Gasteiger partial charge < -0.3 is 9.64 Å². The monoisotopic (exact) mass is 339 g/mol. The van der Waals surface area contributed by atoms with Crippen molar-refractivity contribution < 1.29 is 14.3 Å². The Hall–Kier alpha value is -2.36. The lowest BCUT2D eigenvalue weighted by Crippen LogP contribution is -2.31. The van der Waals surface area contributed by atoms with Crippen molar-refractivity contribution in [1.82, 2.24) is 4.90 Å². The summed E-state index contributed by atoms with van der Waals surface area (Å²) >= 11 is 0. The molecule has 2 aliphatic rings. The molecule has 1 aliphatic heterocycles. The Labute approximate surface area is 149 Å². The van der Waals surface area contributed by atoms with Gasteiger partial charge in [0.25, 0.3) is 5.78 Å². The molecule has 0 atom stereocenters. The Morgan fingerprint density at radius 2 is 1.80 bits per heavy atom. The highest BCUT2D eigenvalue weighted by Gasteiger charge is 2.32. The van der Waals surface area contributed by atoms with Gasteiger partial charge in [-0.1, -0.05) is 30.3 Å². The Bertz CT molecular complexity index is 697. The average molecular weight is 339 g/mol. The van der Waals surface area contributed by atoms with Crippen molar-refractivity contribution in [2.45, 2.75) is 39.0 Å². The molecule has 132 valence electrons. The molecule has 0 N–H and O–H groups in total. The second-order valence-corrected chi connectivity index (χ2v) is 6.50. The molecule has 1 aliphatic carbocycles. The summed E-state index contributed by atoms with van der Waals surface area (Å²) in [6, 6.07) is 10.1. The lowest BCUT2D eigenvalue weighted by molar-refractivity contribution is -0.151. The number of ether oxygens (including phenoxy) is 1. The first-order valence-corrected chi connectivity index (χ1v) is 9.16. The lowest BCUT2D eigenvalue weighted by Gasteiger charge is -2.31. The number of carbonyl (C=O) groups is 2. The smallest absolute Gasteiger partial charge is 0.379 e. The van der Waals surface area contributed by atoms with Crippen LogP contribution in [0.25, 0.3) is 6.08 Å². The molecule has 0 aromatic heterocycles. The van der Waals surface area contributed by atoms with Gasteiger partial charge in [-0.2, -0.15) is 0 Å². The number of Topliss-reactive ketones (excluding diaryl/α,β-unsaturated/α-hetero) is 1. The van der Waals surface area contributed by atoms with Gasteiger partial charge in [-0.05, 0) is 56.2 Å². The maximum atomic E-state index is 12.6. The van der Waals surface area contributed by atoms with Crippen molar-refractivity contribution in [2.24, 2.45) is 0 Å². The summed E-state index contributed by atoms with van der Waals surface area (Å²) in [5, 5.41) is 0. The average Bonchev–Trinajstić information content (AvgIpc) is 3.06. The molecule has 1 aromatic rings. The minimum absolute atomic E-state index is 0.226. The van der Waals surface area contributed by atoms with E-state index >= 15 is 0 Å². The molecular weight excluding hydrogens is 314 g/mol. The van der Waals surface area contributed by atoms with Gasteiger partial charge in [-0.3, -0.25) is 4.79 Å². The number of ketones is 1. The molecule has 1 aromatic carbocycles. The highest BCUT2D eigenvalue weighted by Crippen LogP contribution is 2.37. The van der Waals surface area contributed by atoms with Crippen LogP contribution in [0.2, 0.25) is 0 Å².